The second-order valence-electron chi connectivity index (χ2n) is 6.48. The van der Waals surface area contributed by atoms with Gasteiger partial charge in [0.1, 0.15) is 0 Å². The maximum atomic E-state index is 12.3. The molecule has 144 valence electrons. The zero-order chi connectivity index (χ0) is 20.0. The largest absolute Gasteiger partial charge is 0.354 e. The maximum Gasteiger partial charge on any atom is 0.255 e. The van der Waals surface area contributed by atoms with Crippen LogP contribution in [0.5, 0.6) is 0 Å². The van der Waals surface area contributed by atoms with Gasteiger partial charge in [0.25, 0.3) is 5.91 Å². The number of rotatable bonds is 7. The Kier molecular flexibility index (Phi) is 6.74. The van der Waals surface area contributed by atoms with Gasteiger partial charge in [-0.25, -0.2) is 8.42 Å². The van der Waals surface area contributed by atoms with Gasteiger partial charge >= 0.3 is 0 Å². The lowest BCUT2D eigenvalue weighted by Crippen LogP contribution is -2.31. The lowest BCUT2D eigenvalue weighted by Gasteiger charge is -2.09. The van der Waals surface area contributed by atoms with Crippen LogP contribution in [0.4, 0.5) is 5.69 Å². The van der Waals surface area contributed by atoms with Crippen LogP contribution in [0.15, 0.2) is 53.4 Å². The van der Waals surface area contributed by atoms with Gasteiger partial charge in [-0.1, -0.05) is 19.1 Å². The van der Waals surface area contributed by atoms with E-state index in [1.165, 1.54) is 24.3 Å². The molecule has 2 aromatic carbocycles. The van der Waals surface area contributed by atoms with Gasteiger partial charge in [0.2, 0.25) is 5.91 Å². The number of hydrogen-bond acceptors (Lipinski definition) is 4. The van der Waals surface area contributed by atoms with Crippen LogP contribution in [0.1, 0.15) is 36.7 Å². The number of anilines is 1. The van der Waals surface area contributed by atoms with E-state index in [0.717, 1.165) is 5.56 Å². The summed E-state index contributed by atoms with van der Waals surface area (Å²) in [6, 6.07) is 13.0. The van der Waals surface area contributed by atoms with E-state index in [2.05, 4.69) is 10.6 Å². The molecular formula is C20H24N2O4S. The number of benzene rings is 2. The third-order valence-electron chi connectivity index (χ3n) is 3.88. The SMILES string of the molecule is CCS(=O)(=O)c1ccc(C(=O)Nc2ccc(CC(=O)NC(C)C)cc2)cc1. The summed E-state index contributed by atoms with van der Waals surface area (Å²) in [6.07, 6.45) is 0.278. The molecule has 2 amide bonds. The fraction of sp³-hybridized carbons (Fsp3) is 0.300. The van der Waals surface area contributed by atoms with Crippen LogP contribution in [-0.2, 0) is 21.1 Å². The van der Waals surface area contributed by atoms with Gasteiger partial charge in [0.05, 0.1) is 17.1 Å². The Balaban J connectivity index is 2.00. The van der Waals surface area contributed by atoms with Gasteiger partial charge in [-0.15, -0.1) is 0 Å². The van der Waals surface area contributed by atoms with Crippen molar-refractivity contribution in [3.8, 4) is 0 Å². The van der Waals surface area contributed by atoms with E-state index < -0.39 is 9.84 Å². The molecule has 0 heterocycles. The Morgan fingerprint density at radius 1 is 0.963 bits per heavy atom. The summed E-state index contributed by atoms with van der Waals surface area (Å²) in [6.45, 7) is 5.38. The minimum Gasteiger partial charge on any atom is -0.354 e. The lowest BCUT2D eigenvalue weighted by atomic mass is 10.1. The predicted molar refractivity (Wildman–Crippen MR) is 106 cm³/mol. The molecule has 0 fully saturated rings. The highest BCUT2D eigenvalue weighted by Gasteiger charge is 2.13. The van der Waals surface area contributed by atoms with Gasteiger partial charge in [-0.2, -0.15) is 0 Å². The quantitative estimate of drug-likeness (QED) is 0.763. The van der Waals surface area contributed by atoms with Crippen LogP contribution in [0.3, 0.4) is 0 Å². The summed E-state index contributed by atoms with van der Waals surface area (Å²) in [5.74, 6) is -0.371. The number of carbonyl (C=O) groups is 2. The van der Waals surface area contributed by atoms with E-state index in [9.17, 15) is 18.0 Å². The van der Waals surface area contributed by atoms with E-state index in [1.807, 2.05) is 13.8 Å². The van der Waals surface area contributed by atoms with Crippen molar-refractivity contribution in [3.05, 3.63) is 59.7 Å². The summed E-state index contributed by atoms with van der Waals surface area (Å²) in [7, 11) is -3.29. The standard InChI is InChI=1S/C20H24N2O4S/c1-4-27(25,26)18-11-7-16(8-12-18)20(24)22-17-9-5-15(6-10-17)13-19(23)21-14(2)3/h5-12,14H,4,13H2,1-3H3,(H,21,23)(H,22,24). The molecule has 0 bridgehead atoms. The zero-order valence-corrected chi connectivity index (χ0v) is 16.5. The number of nitrogens with one attached hydrogen (secondary N) is 2. The normalized spacial score (nSPS) is 11.3. The first-order valence-corrected chi connectivity index (χ1v) is 10.4. The summed E-state index contributed by atoms with van der Waals surface area (Å²) >= 11 is 0. The van der Waals surface area contributed by atoms with Crippen LogP contribution in [0.2, 0.25) is 0 Å². The van der Waals surface area contributed by atoms with Crippen molar-refractivity contribution in [1.82, 2.24) is 5.32 Å². The molecule has 6 nitrogen and oxygen atoms in total. The number of hydrogen-bond donors (Lipinski definition) is 2. The van der Waals surface area contributed by atoms with Gasteiger partial charge in [-0.3, -0.25) is 9.59 Å². The Labute approximate surface area is 159 Å². The van der Waals surface area contributed by atoms with E-state index in [4.69, 9.17) is 0 Å². The van der Waals surface area contributed by atoms with Crippen LogP contribution in [-0.4, -0.2) is 32.0 Å². The van der Waals surface area contributed by atoms with Crippen LogP contribution < -0.4 is 10.6 Å². The molecule has 2 aromatic rings. The number of sulfone groups is 1. The van der Waals surface area contributed by atoms with Gasteiger partial charge < -0.3 is 10.6 Å². The van der Waals surface area contributed by atoms with Crippen molar-refractivity contribution < 1.29 is 18.0 Å². The number of carbonyl (C=O) groups excluding carboxylic acids is 2. The van der Waals surface area contributed by atoms with Gasteiger partial charge in [-0.05, 0) is 55.8 Å². The molecule has 0 aliphatic heterocycles. The van der Waals surface area contributed by atoms with E-state index >= 15 is 0 Å². The van der Waals surface area contributed by atoms with E-state index in [-0.39, 0.29) is 34.9 Å². The molecule has 0 saturated heterocycles. The highest BCUT2D eigenvalue weighted by molar-refractivity contribution is 7.91. The molecule has 2 rings (SSSR count). The third kappa shape index (κ3) is 5.92. The highest BCUT2D eigenvalue weighted by Crippen LogP contribution is 2.15. The molecule has 27 heavy (non-hydrogen) atoms. The molecule has 2 N–H and O–H groups in total. The molecule has 0 saturated carbocycles. The van der Waals surface area contributed by atoms with Crippen molar-refractivity contribution in [2.24, 2.45) is 0 Å². The molecule has 0 unspecified atom stereocenters. The van der Waals surface area contributed by atoms with Crippen molar-refractivity contribution in [3.63, 3.8) is 0 Å². The van der Waals surface area contributed by atoms with Crippen LogP contribution in [0, 0.1) is 0 Å². The number of amides is 2. The summed E-state index contributed by atoms with van der Waals surface area (Å²) in [5.41, 5.74) is 1.81. The predicted octanol–water partition coefficient (Wildman–Crippen LogP) is 2.80. The Morgan fingerprint density at radius 3 is 2.07 bits per heavy atom. The fourth-order valence-corrected chi connectivity index (χ4v) is 3.33. The summed E-state index contributed by atoms with van der Waals surface area (Å²) in [4.78, 5) is 24.3. The monoisotopic (exact) mass is 388 g/mol. The topological polar surface area (TPSA) is 92.3 Å². The first-order chi connectivity index (χ1) is 12.7. The van der Waals surface area contributed by atoms with Crippen LogP contribution >= 0.6 is 0 Å². The third-order valence-corrected chi connectivity index (χ3v) is 5.63. The molecule has 0 aromatic heterocycles. The van der Waals surface area contributed by atoms with Crippen molar-refractivity contribution in [1.29, 1.82) is 0 Å². The molecule has 0 spiro atoms. The van der Waals surface area contributed by atoms with Crippen molar-refractivity contribution in [2.75, 3.05) is 11.1 Å². The zero-order valence-electron chi connectivity index (χ0n) is 15.7. The first kappa shape index (κ1) is 20.6. The first-order valence-electron chi connectivity index (χ1n) is 8.73. The smallest absolute Gasteiger partial charge is 0.255 e. The molecule has 0 aliphatic carbocycles. The lowest BCUT2D eigenvalue weighted by molar-refractivity contribution is -0.120. The van der Waals surface area contributed by atoms with Gasteiger partial charge in [0.15, 0.2) is 9.84 Å². The van der Waals surface area contributed by atoms with Gasteiger partial charge in [0, 0.05) is 17.3 Å². The molecule has 0 atom stereocenters. The van der Waals surface area contributed by atoms with Crippen molar-refractivity contribution >= 4 is 27.3 Å². The Morgan fingerprint density at radius 2 is 1.56 bits per heavy atom. The van der Waals surface area contributed by atoms with E-state index in [1.54, 1.807) is 31.2 Å². The fourth-order valence-electron chi connectivity index (χ4n) is 2.45. The van der Waals surface area contributed by atoms with Crippen molar-refractivity contribution in [2.45, 2.75) is 38.1 Å². The Bertz CT molecular complexity index is 902. The summed E-state index contributed by atoms with van der Waals surface area (Å²) in [5, 5.41) is 5.58. The van der Waals surface area contributed by atoms with E-state index in [0.29, 0.717) is 11.3 Å². The maximum absolute atomic E-state index is 12.3. The molecule has 7 heteroatoms. The summed E-state index contributed by atoms with van der Waals surface area (Å²) < 4.78 is 23.6. The molecule has 0 radical (unpaired) electrons. The van der Waals surface area contributed by atoms with Crippen LogP contribution in [0.25, 0.3) is 0 Å². The minimum atomic E-state index is -3.29. The average Bonchev–Trinajstić information content (AvgIpc) is 2.62. The average molecular weight is 388 g/mol. The molecular weight excluding hydrogens is 364 g/mol. The second-order valence-corrected chi connectivity index (χ2v) is 8.76. The highest BCUT2D eigenvalue weighted by atomic mass is 32.2. The Hall–Kier alpha value is -2.67. The minimum absolute atomic E-state index is 0.0140. The second kappa shape index (κ2) is 8.81. The molecule has 0 aliphatic rings.